The minimum atomic E-state index is -0.483. The number of ether oxygens (including phenoxy) is 1. The van der Waals surface area contributed by atoms with Crippen LogP contribution in [0.2, 0.25) is 0 Å². The first-order chi connectivity index (χ1) is 13.2. The number of hydrogen-bond acceptors (Lipinski definition) is 6. The Hall–Kier alpha value is -2.64. The van der Waals surface area contributed by atoms with E-state index in [-0.39, 0.29) is 17.9 Å². The van der Waals surface area contributed by atoms with E-state index in [1.165, 1.54) is 0 Å². The highest BCUT2D eigenvalue weighted by molar-refractivity contribution is 6.01. The molecule has 0 spiro atoms. The fourth-order valence-electron chi connectivity index (χ4n) is 3.46. The Morgan fingerprint density at radius 1 is 1.21 bits per heavy atom. The number of nitrogens with one attached hydrogen (secondary N) is 2. The van der Waals surface area contributed by atoms with Gasteiger partial charge in [0.25, 0.3) is 0 Å². The van der Waals surface area contributed by atoms with E-state index in [1.807, 2.05) is 39.1 Å². The number of piperidine rings is 2. The number of likely N-dealkylation sites (tertiary alicyclic amines) is 1. The molecule has 2 fully saturated rings. The fourth-order valence-corrected chi connectivity index (χ4v) is 3.46. The molecule has 0 bridgehead atoms. The highest BCUT2D eigenvalue weighted by atomic mass is 16.6. The Morgan fingerprint density at radius 2 is 1.93 bits per heavy atom. The van der Waals surface area contributed by atoms with Crippen LogP contribution < -0.4 is 10.6 Å². The van der Waals surface area contributed by atoms with Gasteiger partial charge < -0.3 is 15.0 Å². The third kappa shape index (κ3) is 5.21. The summed E-state index contributed by atoms with van der Waals surface area (Å²) in [7, 11) is 0. The van der Waals surface area contributed by atoms with Gasteiger partial charge in [0, 0.05) is 25.7 Å². The average molecular weight is 388 g/mol. The normalized spacial score (nSPS) is 21.2. The van der Waals surface area contributed by atoms with Gasteiger partial charge in [0.1, 0.15) is 17.5 Å². The van der Waals surface area contributed by atoms with E-state index in [9.17, 15) is 14.4 Å². The number of aromatic nitrogens is 1. The predicted molar refractivity (Wildman–Crippen MR) is 104 cm³/mol. The minimum Gasteiger partial charge on any atom is -0.444 e. The van der Waals surface area contributed by atoms with Gasteiger partial charge in [-0.05, 0) is 57.6 Å². The second kappa shape index (κ2) is 8.16. The summed E-state index contributed by atoms with van der Waals surface area (Å²) in [5.41, 5.74) is 0.640. The smallest absolute Gasteiger partial charge is 0.410 e. The van der Waals surface area contributed by atoms with Crippen LogP contribution in [0.4, 0.5) is 10.6 Å². The van der Waals surface area contributed by atoms with E-state index < -0.39 is 11.6 Å². The zero-order chi connectivity index (χ0) is 20.3. The number of nitrogens with zero attached hydrogens (tertiary/aromatic N) is 2. The summed E-state index contributed by atoms with van der Waals surface area (Å²) in [6, 6.07) is 3.43. The summed E-state index contributed by atoms with van der Waals surface area (Å²) in [5.74, 6) is 0.418. The zero-order valence-electron chi connectivity index (χ0n) is 16.7. The number of anilines is 1. The molecule has 1 atom stereocenters. The molecule has 2 aliphatic heterocycles. The van der Waals surface area contributed by atoms with Crippen LogP contribution in [-0.2, 0) is 14.3 Å². The second-order valence-corrected chi connectivity index (χ2v) is 8.37. The van der Waals surface area contributed by atoms with Crippen molar-refractivity contribution in [3.05, 3.63) is 23.9 Å². The van der Waals surface area contributed by atoms with Crippen LogP contribution in [0.15, 0.2) is 18.3 Å². The molecule has 1 aromatic heterocycles. The highest BCUT2D eigenvalue weighted by Gasteiger charge is 2.28. The number of rotatable bonds is 3. The molecule has 2 aliphatic rings. The number of carbonyl (C=O) groups excluding carboxylic acids is 3. The van der Waals surface area contributed by atoms with Crippen molar-refractivity contribution in [2.24, 2.45) is 0 Å². The number of pyridine rings is 1. The number of amides is 3. The molecule has 0 radical (unpaired) electrons. The number of hydrogen-bond donors (Lipinski definition) is 2. The van der Waals surface area contributed by atoms with E-state index in [0.717, 1.165) is 18.4 Å². The van der Waals surface area contributed by atoms with Gasteiger partial charge >= 0.3 is 6.09 Å². The van der Waals surface area contributed by atoms with Crippen LogP contribution in [0, 0.1) is 0 Å². The Balaban J connectivity index is 1.51. The van der Waals surface area contributed by atoms with Crippen molar-refractivity contribution in [3.8, 4) is 0 Å². The van der Waals surface area contributed by atoms with Crippen molar-refractivity contribution in [1.29, 1.82) is 0 Å². The molecule has 8 heteroatoms. The van der Waals surface area contributed by atoms with E-state index in [1.54, 1.807) is 4.90 Å². The van der Waals surface area contributed by atoms with E-state index in [4.69, 9.17) is 4.74 Å². The van der Waals surface area contributed by atoms with Crippen molar-refractivity contribution in [3.63, 3.8) is 0 Å². The molecule has 3 heterocycles. The topological polar surface area (TPSA) is 101 Å². The van der Waals surface area contributed by atoms with Crippen molar-refractivity contribution >= 4 is 23.7 Å². The molecule has 1 unspecified atom stereocenters. The summed E-state index contributed by atoms with van der Waals surface area (Å²) >= 11 is 0. The first-order valence-corrected chi connectivity index (χ1v) is 9.75. The first kappa shape index (κ1) is 20.1. The summed E-state index contributed by atoms with van der Waals surface area (Å²) in [6.07, 6.45) is 4.09. The van der Waals surface area contributed by atoms with Crippen molar-refractivity contribution in [1.82, 2.24) is 15.2 Å². The largest absolute Gasteiger partial charge is 0.444 e. The maximum absolute atomic E-state index is 12.2. The molecule has 0 saturated carbocycles. The van der Waals surface area contributed by atoms with Crippen molar-refractivity contribution < 1.29 is 19.1 Å². The lowest BCUT2D eigenvalue weighted by Crippen LogP contribution is -2.47. The molecule has 0 aliphatic carbocycles. The molecular weight excluding hydrogens is 360 g/mol. The lowest BCUT2D eigenvalue weighted by atomic mass is 9.90. The molecular formula is C20H28N4O4. The third-order valence-electron chi connectivity index (χ3n) is 4.97. The van der Waals surface area contributed by atoms with Gasteiger partial charge in [-0.1, -0.05) is 6.07 Å². The van der Waals surface area contributed by atoms with Crippen LogP contribution in [-0.4, -0.2) is 52.5 Å². The Morgan fingerprint density at radius 3 is 2.50 bits per heavy atom. The number of imide groups is 1. The number of carbonyl (C=O) groups is 3. The monoisotopic (exact) mass is 388 g/mol. The molecule has 28 heavy (non-hydrogen) atoms. The maximum atomic E-state index is 12.2. The highest BCUT2D eigenvalue weighted by Crippen LogP contribution is 2.29. The Labute approximate surface area is 165 Å². The van der Waals surface area contributed by atoms with Crippen molar-refractivity contribution in [2.75, 3.05) is 18.4 Å². The summed E-state index contributed by atoms with van der Waals surface area (Å²) < 4.78 is 5.43. The van der Waals surface area contributed by atoms with E-state index >= 15 is 0 Å². The average Bonchev–Trinajstić information content (AvgIpc) is 2.63. The van der Waals surface area contributed by atoms with E-state index in [0.29, 0.717) is 37.7 Å². The Kier molecular flexibility index (Phi) is 5.86. The standard InChI is InChI=1S/C20H28N4O4/c1-20(2,3)28-19(27)24-10-8-13(9-11-24)14-4-6-16(21-12-14)22-15-5-7-17(25)23-18(15)26/h4,6,12-13,15H,5,7-11H2,1-3H3,(H,21,22)(H,23,25,26). The van der Waals surface area contributed by atoms with Gasteiger partial charge in [-0.2, -0.15) is 0 Å². The van der Waals surface area contributed by atoms with Gasteiger partial charge in [-0.3, -0.25) is 14.9 Å². The van der Waals surface area contributed by atoms with Crippen LogP contribution in [0.5, 0.6) is 0 Å². The lowest BCUT2D eigenvalue weighted by Gasteiger charge is -2.33. The molecule has 152 valence electrons. The lowest BCUT2D eigenvalue weighted by molar-refractivity contribution is -0.133. The SMILES string of the molecule is CC(C)(C)OC(=O)N1CCC(c2ccc(NC3CCC(=O)NC3=O)nc2)CC1. The predicted octanol–water partition coefficient (Wildman–Crippen LogP) is 2.41. The zero-order valence-corrected chi connectivity index (χ0v) is 16.7. The van der Waals surface area contributed by atoms with Gasteiger partial charge in [-0.25, -0.2) is 9.78 Å². The molecule has 1 aromatic rings. The summed E-state index contributed by atoms with van der Waals surface area (Å²) in [4.78, 5) is 41.4. The third-order valence-corrected chi connectivity index (χ3v) is 4.97. The quantitative estimate of drug-likeness (QED) is 0.771. The van der Waals surface area contributed by atoms with Crippen LogP contribution in [0.3, 0.4) is 0 Å². The molecule has 8 nitrogen and oxygen atoms in total. The van der Waals surface area contributed by atoms with E-state index in [2.05, 4.69) is 15.6 Å². The molecule has 3 amide bonds. The minimum absolute atomic E-state index is 0.232. The fraction of sp³-hybridized carbons (Fsp3) is 0.600. The van der Waals surface area contributed by atoms with Gasteiger partial charge in [-0.15, -0.1) is 0 Å². The van der Waals surface area contributed by atoms with Crippen LogP contribution in [0.25, 0.3) is 0 Å². The van der Waals surface area contributed by atoms with Crippen molar-refractivity contribution in [2.45, 2.75) is 64.0 Å². The van der Waals surface area contributed by atoms with Crippen LogP contribution in [0.1, 0.15) is 57.9 Å². The molecule has 2 saturated heterocycles. The molecule has 3 rings (SSSR count). The van der Waals surface area contributed by atoms with Gasteiger partial charge in [0.2, 0.25) is 11.8 Å². The molecule has 0 aromatic carbocycles. The van der Waals surface area contributed by atoms with Gasteiger partial charge in [0.05, 0.1) is 0 Å². The second-order valence-electron chi connectivity index (χ2n) is 8.37. The maximum Gasteiger partial charge on any atom is 0.410 e. The summed E-state index contributed by atoms with van der Waals surface area (Å²) in [6.45, 7) is 6.93. The summed E-state index contributed by atoms with van der Waals surface area (Å²) in [5, 5.41) is 5.41. The first-order valence-electron chi connectivity index (χ1n) is 9.75. The van der Waals surface area contributed by atoms with Gasteiger partial charge in [0.15, 0.2) is 0 Å². The van der Waals surface area contributed by atoms with Crippen LogP contribution >= 0.6 is 0 Å². The molecule has 2 N–H and O–H groups in total. The Bertz CT molecular complexity index is 734.